The van der Waals surface area contributed by atoms with Crippen molar-refractivity contribution in [2.24, 2.45) is 11.7 Å². The predicted octanol–water partition coefficient (Wildman–Crippen LogP) is 1.20. The lowest BCUT2D eigenvalue weighted by atomic mass is 9.67. The molecule has 2 aliphatic carbocycles. The number of pyridine rings is 1. The normalized spacial score (nSPS) is 34.2. The highest BCUT2D eigenvalue weighted by Crippen LogP contribution is 2.45. The third-order valence-electron chi connectivity index (χ3n) is 5.04. The molecule has 1 unspecified atom stereocenters. The quantitative estimate of drug-likeness (QED) is 0.747. The van der Waals surface area contributed by atoms with Crippen LogP contribution in [0.4, 0.5) is 0 Å². The first kappa shape index (κ1) is 12.7. The summed E-state index contributed by atoms with van der Waals surface area (Å²) in [5.74, 6) is -0.287. The summed E-state index contributed by atoms with van der Waals surface area (Å²) in [7, 11) is 0. The van der Waals surface area contributed by atoms with Gasteiger partial charge in [0.1, 0.15) is 0 Å². The third-order valence-corrected chi connectivity index (χ3v) is 5.04. The van der Waals surface area contributed by atoms with Gasteiger partial charge in [0.15, 0.2) is 5.78 Å². The first-order chi connectivity index (χ1) is 10.0. The second kappa shape index (κ2) is 4.01. The van der Waals surface area contributed by atoms with E-state index in [1.54, 1.807) is 12.3 Å². The number of aromatic nitrogens is 1. The molecule has 1 saturated carbocycles. The van der Waals surface area contributed by atoms with Crippen LogP contribution in [0.2, 0.25) is 0 Å². The van der Waals surface area contributed by atoms with Crippen molar-refractivity contribution in [1.29, 1.82) is 0 Å². The number of nitrogens with zero attached hydrogens (tertiary/aromatic N) is 1. The van der Waals surface area contributed by atoms with Gasteiger partial charge in [-0.1, -0.05) is 0 Å². The molecule has 21 heavy (non-hydrogen) atoms. The second-order valence-corrected chi connectivity index (χ2v) is 6.49. The van der Waals surface area contributed by atoms with E-state index >= 15 is 0 Å². The fourth-order valence-corrected chi connectivity index (χ4v) is 4.09. The molecule has 1 aromatic rings. The average Bonchev–Trinajstić information content (AvgIpc) is 2.86. The van der Waals surface area contributed by atoms with Crippen molar-refractivity contribution >= 4 is 11.6 Å². The van der Waals surface area contributed by atoms with Gasteiger partial charge in [-0.3, -0.25) is 14.6 Å². The number of nitrogens with two attached hydrogens (primary N) is 1. The van der Waals surface area contributed by atoms with Crippen LogP contribution in [0.15, 0.2) is 29.7 Å². The standard InChI is InChI=1S/C16H17N3O2/c1-16(17)5-2-3-10-12(16)11-13(19-10)15(21)8-4-6-18-7-9(8)14(11)20/h4,6-7,10,12,19H,2-3,5,17H2,1H3/t10?,12-,16-/m1/s1. The van der Waals surface area contributed by atoms with Crippen LogP contribution < -0.4 is 11.1 Å². The molecule has 108 valence electrons. The Hall–Kier alpha value is -2.01. The fourth-order valence-electron chi connectivity index (χ4n) is 4.09. The largest absolute Gasteiger partial charge is 0.378 e. The van der Waals surface area contributed by atoms with Crippen molar-refractivity contribution < 1.29 is 9.59 Å². The lowest BCUT2D eigenvalue weighted by Gasteiger charge is -2.41. The number of carbonyl (C=O) groups excluding carboxylic acids is 2. The van der Waals surface area contributed by atoms with Gasteiger partial charge in [-0.2, -0.15) is 0 Å². The summed E-state index contributed by atoms with van der Waals surface area (Å²) in [6.45, 7) is 1.98. The Kier molecular flexibility index (Phi) is 2.43. The number of rotatable bonds is 0. The van der Waals surface area contributed by atoms with Crippen LogP contribution in [0.3, 0.4) is 0 Å². The molecule has 3 N–H and O–H groups in total. The Morgan fingerprint density at radius 1 is 1.33 bits per heavy atom. The molecule has 1 aliphatic heterocycles. The summed E-state index contributed by atoms with van der Waals surface area (Å²) in [5, 5.41) is 3.28. The van der Waals surface area contributed by atoms with Crippen LogP contribution in [0.25, 0.3) is 0 Å². The van der Waals surface area contributed by atoms with Gasteiger partial charge in [-0.25, -0.2) is 0 Å². The van der Waals surface area contributed by atoms with Gasteiger partial charge in [0.2, 0.25) is 5.78 Å². The SMILES string of the molecule is C[C@@]1(N)CCCC2NC3=C(C(=O)c4cnccc4C3=O)[C@@H]21. The van der Waals surface area contributed by atoms with Gasteiger partial charge in [-0.05, 0) is 32.3 Å². The number of fused-ring (bicyclic) bond motifs is 3. The van der Waals surface area contributed by atoms with E-state index in [9.17, 15) is 9.59 Å². The number of Topliss-reactive ketones (excluding diaryl/α,β-unsaturated/α-hetero) is 2. The predicted molar refractivity (Wildman–Crippen MR) is 76.8 cm³/mol. The van der Waals surface area contributed by atoms with E-state index in [0.29, 0.717) is 22.4 Å². The summed E-state index contributed by atoms with van der Waals surface area (Å²) in [6, 6.07) is 1.71. The number of ketones is 2. The molecule has 0 amide bonds. The lowest BCUT2D eigenvalue weighted by Crippen LogP contribution is -2.54. The third kappa shape index (κ3) is 1.58. The van der Waals surface area contributed by atoms with E-state index in [-0.39, 0.29) is 23.5 Å². The highest BCUT2D eigenvalue weighted by atomic mass is 16.1. The Bertz CT molecular complexity index is 705. The van der Waals surface area contributed by atoms with Crippen LogP contribution in [-0.4, -0.2) is 28.1 Å². The number of carbonyl (C=O) groups is 2. The monoisotopic (exact) mass is 283 g/mol. The highest BCUT2D eigenvalue weighted by Gasteiger charge is 2.52. The smallest absolute Gasteiger partial charge is 0.210 e. The summed E-state index contributed by atoms with van der Waals surface area (Å²) >= 11 is 0. The van der Waals surface area contributed by atoms with Gasteiger partial charge in [0, 0.05) is 41.0 Å². The summed E-state index contributed by atoms with van der Waals surface area (Å²) in [5.41, 5.74) is 7.88. The van der Waals surface area contributed by atoms with Crippen LogP contribution in [0.1, 0.15) is 46.9 Å². The molecule has 0 aromatic carbocycles. The van der Waals surface area contributed by atoms with Crippen LogP contribution in [0.5, 0.6) is 0 Å². The maximum atomic E-state index is 12.8. The van der Waals surface area contributed by atoms with Gasteiger partial charge < -0.3 is 11.1 Å². The highest BCUT2D eigenvalue weighted by molar-refractivity contribution is 6.27. The van der Waals surface area contributed by atoms with Gasteiger partial charge in [-0.15, -0.1) is 0 Å². The zero-order chi connectivity index (χ0) is 14.8. The lowest BCUT2D eigenvalue weighted by molar-refractivity contribution is 0.0960. The molecule has 0 saturated heterocycles. The molecule has 2 heterocycles. The van der Waals surface area contributed by atoms with Crippen LogP contribution in [0, 0.1) is 5.92 Å². The molecule has 5 heteroatoms. The molecule has 4 rings (SSSR count). The maximum absolute atomic E-state index is 12.8. The molecule has 1 fully saturated rings. The minimum Gasteiger partial charge on any atom is -0.378 e. The average molecular weight is 283 g/mol. The zero-order valence-corrected chi connectivity index (χ0v) is 11.8. The molecule has 0 bridgehead atoms. The second-order valence-electron chi connectivity index (χ2n) is 6.49. The number of allylic oxidation sites excluding steroid dienone is 1. The van der Waals surface area contributed by atoms with E-state index in [0.717, 1.165) is 19.3 Å². The Labute approximate surface area is 122 Å². The van der Waals surface area contributed by atoms with E-state index in [4.69, 9.17) is 5.73 Å². The maximum Gasteiger partial charge on any atom is 0.210 e. The molecular formula is C16H17N3O2. The van der Waals surface area contributed by atoms with E-state index in [1.165, 1.54) is 6.20 Å². The number of hydrogen-bond donors (Lipinski definition) is 2. The molecule has 3 atom stereocenters. The minimum absolute atomic E-state index is 0.0914. The van der Waals surface area contributed by atoms with Gasteiger partial charge >= 0.3 is 0 Å². The first-order valence-electron chi connectivity index (χ1n) is 7.34. The topological polar surface area (TPSA) is 85.1 Å². The van der Waals surface area contributed by atoms with Crippen molar-refractivity contribution in [2.45, 2.75) is 37.8 Å². The van der Waals surface area contributed by atoms with E-state index in [2.05, 4.69) is 10.3 Å². The summed E-state index contributed by atoms with van der Waals surface area (Å²) in [6.07, 6.45) is 5.86. The van der Waals surface area contributed by atoms with Crippen LogP contribution >= 0.6 is 0 Å². The zero-order valence-electron chi connectivity index (χ0n) is 11.8. The van der Waals surface area contributed by atoms with Crippen molar-refractivity contribution in [2.75, 3.05) is 0 Å². The van der Waals surface area contributed by atoms with E-state index < -0.39 is 5.54 Å². The van der Waals surface area contributed by atoms with Crippen molar-refractivity contribution in [3.63, 3.8) is 0 Å². The van der Waals surface area contributed by atoms with Crippen molar-refractivity contribution in [3.8, 4) is 0 Å². The van der Waals surface area contributed by atoms with Crippen LogP contribution in [-0.2, 0) is 0 Å². The number of hydrogen-bond acceptors (Lipinski definition) is 5. The molecule has 5 nitrogen and oxygen atoms in total. The Morgan fingerprint density at radius 2 is 2.14 bits per heavy atom. The molecule has 3 aliphatic rings. The summed E-state index contributed by atoms with van der Waals surface area (Å²) in [4.78, 5) is 29.5. The van der Waals surface area contributed by atoms with Gasteiger partial charge in [0.25, 0.3) is 0 Å². The Morgan fingerprint density at radius 3 is 2.95 bits per heavy atom. The number of nitrogens with one attached hydrogen (secondary N) is 1. The Balaban J connectivity index is 1.89. The molecule has 0 radical (unpaired) electrons. The summed E-state index contributed by atoms with van der Waals surface area (Å²) < 4.78 is 0. The van der Waals surface area contributed by atoms with Crippen molar-refractivity contribution in [3.05, 3.63) is 40.9 Å². The van der Waals surface area contributed by atoms with Crippen molar-refractivity contribution in [1.82, 2.24) is 10.3 Å². The fraction of sp³-hybridized carbons (Fsp3) is 0.438. The first-order valence-corrected chi connectivity index (χ1v) is 7.34. The minimum atomic E-state index is -0.456. The molecule has 0 spiro atoms. The van der Waals surface area contributed by atoms with E-state index in [1.807, 2.05) is 6.92 Å². The molecule has 1 aromatic heterocycles. The molecular weight excluding hydrogens is 266 g/mol. The van der Waals surface area contributed by atoms with Gasteiger partial charge in [0.05, 0.1) is 11.3 Å².